The number of likely N-dealkylation sites (tertiary alicyclic amines) is 1. The van der Waals surface area contributed by atoms with Gasteiger partial charge in [-0.1, -0.05) is 23.7 Å². The summed E-state index contributed by atoms with van der Waals surface area (Å²) in [4.78, 5) is 19.3. The molecule has 25 heavy (non-hydrogen) atoms. The smallest absolute Gasteiger partial charge is 0.254 e. The van der Waals surface area contributed by atoms with E-state index in [9.17, 15) is 4.79 Å². The van der Waals surface area contributed by atoms with Crippen LogP contribution in [0.2, 0.25) is 5.02 Å². The topological polar surface area (TPSA) is 46.3 Å². The fraction of sp³-hybridized carbons (Fsp3) is 0.263. The van der Waals surface area contributed by atoms with Crippen LogP contribution in [-0.4, -0.2) is 28.9 Å². The molecule has 0 saturated carbocycles. The van der Waals surface area contributed by atoms with Crippen LogP contribution in [0.1, 0.15) is 35.0 Å². The predicted molar refractivity (Wildman–Crippen MR) is 106 cm³/mol. The lowest BCUT2D eigenvalue weighted by Gasteiger charge is -2.31. The van der Waals surface area contributed by atoms with Crippen molar-refractivity contribution in [3.63, 3.8) is 0 Å². The zero-order valence-corrected chi connectivity index (χ0v) is 16.3. The van der Waals surface area contributed by atoms with Crippen LogP contribution in [0.25, 0.3) is 11.1 Å². The standard InChI is InChI=1S/C19H16ClIN2O2/c20-13-5-6-14(15(21)11-13)19(24)23-9-7-12(8-10-23)18-22-16-3-1-2-4-17(16)25-18/h1-6,11-12H,7-10H2. The number of carbonyl (C=O) groups excluding carboxylic acids is 1. The van der Waals surface area contributed by atoms with Gasteiger partial charge in [0.1, 0.15) is 5.52 Å². The Morgan fingerprint density at radius 1 is 1.20 bits per heavy atom. The zero-order valence-electron chi connectivity index (χ0n) is 13.4. The molecule has 0 N–H and O–H groups in total. The third-order valence-electron chi connectivity index (χ3n) is 4.60. The number of aromatic nitrogens is 1. The van der Waals surface area contributed by atoms with Gasteiger partial charge in [-0.3, -0.25) is 4.79 Å². The highest BCUT2D eigenvalue weighted by Gasteiger charge is 2.28. The minimum absolute atomic E-state index is 0.0667. The first-order valence-corrected chi connectivity index (χ1v) is 9.67. The molecule has 1 saturated heterocycles. The highest BCUT2D eigenvalue weighted by Crippen LogP contribution is 2.31. The van der Waals surface area contributed by atoms with Crippen molar-refractivity contribution in [1.82, 2.24) is 9.88 Å². The first kappa shape index (κ1) is 16.8. The van der Waals surface area contributed by atoms with E-state index in [4.69, 9.17) is 16.0 Å². The molecule has 1 aliphatic rings. The van der Waals surface area contributed by atoms with Gasteiger partial charge in [0.2, 0.25) is 0 Å². The molecule has 2 aromatic carbocycles. The molecule has 128 valence electrons. The molecule has 1 aliphatic heterocycles. The van der Waals surface area contributed by atoms with Gasteiger partial charge in [0.05, 0.1) is 5.56 Å². The van der Waals surface area contributed by atoms with Gasteiger partial charge in [-0.05, 0) is 65.8 Å². The Labute approximate surface area is 164 Å². The summed E-state index contributed by atoms with van der Waals surface area (Å²) in [5, 5.41) is 0.649. The molecule has 1 fully saturated rings. The molecule has 0 spiro atoms. The molecular weight excluding hydrogens is 451 g/mol. The third kappa shape index (κ3) is 3.40. The summed E-state index contributed by atoms with van der Waals surface area (Å²) in [6.45, 7) is 1.42. The number of para-hydroxylation sites is 2. The summed E-state index contributed by atoms with van der Waals surface area (Å²) in [6.07, 6.45) is 1.73. The minimum Gasteiger partial charge on any atom is -0.440 e. The number of hydrogen-bond donors (Lipinski definition) is 0. The van der Waals surface area contributed by atoms with Gasteiger partial charge in [0.25, 0.3) is 5.91 Å². The van der Waals surface area contributed by atoms with E-state index in [0.29, 0.717) is 23.7 Å². The maximum absolute atomic E-state index is 12.8. The van der Waals surface area contributed by atoms with E-state index in [1.165, 1.54) is 0 Å². The summed E-state index contributed by atoms with van der Waals surface area (Å²) < 4.78 is 6.78. The van der Waals surface area contributed by atoms with Crippen LogP contribution in [0.5, 0.6) is 0 Å². The lowest BCUT2D eigenvalue weighted by atomic mass is 9.96. The maximum atomic E-state index is 12.8. The second-order valence-electron chi connectivity index (χ2n) is 6.21. The van der Waals surface area contributed by atoms with Crippen molar-refractivity contribution in [1.29, 1.82) is 0 Å². The van der Waals surface area contributed by atoms with Crippen LogP contribution in [0.15, 0.2) is 46.9 Å². The van der Waals surface area contributed by atoms with Crippen molar-refractivity contribution in [2.75, 3.05) is 13.1 Å². The van der Waals surface area contributed by atoms with E-state index in [1.54, 1.807) is 12.1 Å². The third-order valence-corrected chi connectivity index (χ3v) is 5.73. The van der Waals surface area contributed by atoms with Crippen molar-refractivity contribution < 1.29 is 9.21 Å². The van der Waals surface area contributed by atoms with Crippen LogP contribution in [0.3, 0.4) is 0 Å². The molecule has 2 heterocycles. The second-order valence-corrected chi connectivity index (χ2v) is 7.81. The minimum atomic E-state index is 0.0667. The molecule has 1 aromatic heterocycles. The lowest BCUT2D eigenvalue weighted by Crippen LogP contribution is -2.38. The largest absolute Gasteiger partial charge is 0.440 e. The van der Waals surface area contributed by atoms with Crippen LogP contribution >= 0.6 is 34.2 Å². The maximum Gasteiger partial charge on any atom is 0.254 e. The molecule has 0 aliphatic carbocycles. The van der Waals surface area contributed by atoms with E-state index in [-0.39, 0.29) is 11.8 Å². The van der Waals surface area contributed by atoms with E-state index in [1.807, 2.05) is 35.2 Å². The SMILES string of the molecule is O=C(c1ccc(Cl)cc1I)N1CCC(c2nc3ccccc3o2)CC1. The predicted octanol–water partition coefficient (Wildman–Crippen LogP) is 5.11. The molecule has 0 radical (unpaired) electrons. The number of oxazole rings is 1. The lowest BCUT2D eigenvalue weighted by molar-refractivity contribution is 0.0705. The number of nitrogens with zero attached hydrogens (tertiary/aromatic N) is 2. The number of halogens is 2. The number of piperidine rings is 1. The van der Waals surface area contributed by atoms with Gasteiger partial charge in [-0.2, -0.15) is 0 Å². The van der Waals surface area contributed by atoms with Crippen LogP contribution < -0.4 is 0 Å². The van der Waals surface area contributed by atoms with E-state index in [2.05, 4.69) is 27.6 Å². The molecule has 0 bridgehead atoms. The van der Waals surface area contributed by atoms with Crippen molar-refractivity contribution in [3.05, 3.63) is 62.5 Å². The summed E-state index contributed by atoms with van der Waals surface area (Å²) in [6, 6.07) is 13.2. The summed E-state index contributed by atoms with van der Waals surface area (Å²) in [5.74, 6) is 1.12. The average molecular weight is 467 g/mol. The van der Waals surface area contributed by atoms with Gasteiger partial charge in [0, 0.05) is 27.6 Å². The number of benzene rings is 2. The second kappa shape index (κ2) is 6.96. The monoisotopic (exact) mass is 466 g/mol. The van der Waals surface area contributed by atoms with Gasteiger partial charge >= 0.3 is 0 Å². The summed E-state index contributed by atoms with van der Waals surface area (Å²) >= 11 is 8.14. The van der Waals surface area contributed by atoms with Crippen molar-refractivity contribution >= 4 is 51.2 Å². The van der Waals surface area contributed by atoms with E-state index in [0.717, 1.165) is 33.4 Å². The number of hydrogen-bond acceptors (Lipinski definition) is 3. The Balaban J connectivity index is 1.46. The Morgan fingerprint density at radius 2 is 1.96 bits per heavy atom. The van der Waals surface area contributed by atoms with Gasteiger partial charge in [-0.25, -0.2) is 4.98 Å². The highest BCUT2D eigenvalue weighted by molar-refractivity contribution is 14.1. The summed E-state index contributed by atoms with van der Waals surface area (Å²) in [5.41, 5.74) is 2.43. The van der Waals surface area contributed by atoms with Crippen molar-refractivity contribution in [2.24, 2.45) is 0 Å². The Morgan fingerprint density at radius 3 is 2.68 bits per heavy atom. The Bertz CT molecular complexity index is 899. The van der Waals surface area contributed by atoms with Crippen LogP contribution in [0, 0.1) is 3.57 Å². The number of fused-ring (bicyclic) bond motifs is 1. The molecule has 0 atom stereocenters. The molecule has 6 heteroatoms. The molecular formula is C19H16ClIN2O2. The summed E-state index contributed by atoms with van der Waals surface area (Å²) in [7, 11) is 0. The zero-order chi connectivity index (χ0) is 17.4. The van der Waals surface area contributed by atoms with Gasteiger partial charge < -0.3 is 9.32 Å². The molecule has 3 aromatic rings. The number of amides is 1. The van der Waals surface area contributed by atoms with Crippen molar-refractivity contribution in [2.45, 2.75) is 18.8 Å². The molecule has 4 nitrogen and oxygen atoms in total. The van der Waals surface area contributed by atoms with E-state index < -0.39 is 0 Å². The average Bonchev–Trinajstić information content (AvgIpc) is 3.05. The molecule has 4 rings (SSSR count). The molecule has 0 unspecified atom stereocenters. The fourth-order valence-corrected chi connectivity index (χ4v) is 4.33. The van der Waals surface area contributed by atoms with Gasteiger partial charge in [0.15, 0.2) is 11.5 Å². The van der Waals surface area contributed by atoms with Crippen LogP contribution in [-0.2, 0) is 0 Å². The van der Waals surface area contributed by atoms with Crippen molar-refractivity contribution in [3.8, 4) is 0 Å². The van der Waals surface area contributed by atoms with Gasteiger partial charge in [-0.15, -0.1) is 0 Å². The van der Waals surface area contributed by atoms with E-state index >= 15 is 0 Å². The first-order chi connectivity index (χ1) is 12.1. The molecule has 1 amide bonds. The normalized spacial score (nSPS) is 15.7. The quantitative estimate of drug-likeness (QED) is 0.493. The Hall–Kier alpha value is -1.60. The fourth-order valence-electron chi connectivity index (χ4n) is 3.23. The number of rotatable bonds is 2. The van der Waals surface area contributed by atoms with Crippen LogP contribution in [0.4, 0.5) is 0 Å². The Kier molecular flexibility index (Phi) is 4.69. The number of carbonyl (C=O) groups is 1. The first-order valence-electron chi connectivity index (χ1n) is 8.21. The highest BCUT2D eigenvalue weighted by atomic mass is 127.